The summed E-state index contributed by atoms with van der Waals surface area (Å²) >= 11 is 12.6. The fraction of sp³-hybridized carbons (Fsp3) is 0.0833. The van der Waals surface area contributed by atoms with Gasteiger partial charge in [0.05, 0.1) is 22.0 Å². The molecule has 4 rings (SSSR count). The molecule has 0 aromatic heterocycles. The van der Waals surface area contributed by atoms with Crippen LogP contribution >= 0.6 is 23.2 Å². The van der Waals surface area contributed by atoms with Gasteiger partial charge in [-0.25, -0.2) is 0 Å². The molecule has 0 fully saturated rings. The van der Waals surface area contributed by atoms with Crippen LogP contribution in [0.5, 0.6) is 5.75 Å². The van der Waals surface area contributed by atoms with E-state index >= 15 is 0 Å². The number of para-hydroxylation sites is 1. The van der Waals surface area contributed by atoms with Gasteiger partial charge in [0.15, 0.2) is 0 Å². The number of amides is 1. The predicted molar refractivity (Wildman–Crippen MR) is 122 cm³/mol. The lowest BCUT2D eigenvalue weighted by molar-refractivity contribution is -0.114. The minimum atomic E-state index is -0.219. The molecule has 3 aromatic carbocycles. The van der Waals surface area contributed by atoms with Crippen molar-refractivity contribution in [3.63, 3.8) is 0 Å². The normalized spacial score (nSPS) is 14.9. The average molecular weight is 437 g/mol. The van der Waals surface area contributed by atoms with Crippen LogP contribution in [0.25, 0.3) is 6.08 Å². The van der Waals surface area contributed by atoms with Crippen LogP contribution in [0.1, 0.15) is 18.1 Å². The Labute approximate surface area is 185 Å². The van der Waals surface area contributed by atoms with Gasteiger partial charge in [0.25, 0.3) is 5.91 Å². The summed E-state index contributed by atoms with van der Waals surface area (Å²) in [7, 11) is 0. The first kappa shape index (κ1) is 20.2. The monoisotopic (exact) mass is 436 g/mol. The van der Waals surface area contributed by atoms with E-state index in [1.165, 1.54) is 5.01 Å². The van der Waals surface area contributed by atoms with Crippen LogP contribution in [0.3, 0.4) is 0 Å². The van der Waals surface area contributed by atoms with Crippen molar-refractivity contribution in [3.8, 4) is 5.75 Å². The van der Waals surface area contributed by atoms with Crippen LogP contribution in [0.4, 0.5) is 5.69 Å². The Morgan fingerprint density at radius 2 is 1.67 bits per heavy atom. The molecule has 0 aliphatic carbocycles. The molecule has 0 unspecified atom stereocenters. The molecule has 1 aliphatic heterocycles. The number of carbonyl (C=O) groups is 1. The van der Waals surface area contributed by atoms with E-state index in [1.807, 2.05) is 60.7 Å². The summed E-state index contributed by atoms with van der Waals surface area (Å²) in [5.41, 5.74) is 3.40. The molecule has 0 saturated heterocycles. The van der Waals surface area contributed by atoms with Gasteiger partial charge in [-0.1, -0.05) is 71.7 Å². The predicted octanol–water partition coefficient (Wildman–Crippen LogP) is 6.38. The largest absolute Gasteiger partial charge is 0.487 e. The molecule has 4 nitrogen and oxygen atoms in total. The zero-order chi connectivity index (χ0) is 21.1. The fourth-order valence-corrected chi connectivity index (χ4v) is 3.72. The second kappa shape index (κ2) is 8.74. The van der Waals surface area contributed by atoms with Crippen molar-refractivity contribution in [3.05, 3.63) is 99.5 Å². The summed E-state index contributed by atoms with van der Waals surface area (Å²) in [6.07, 6.45) is 1.72. The number of nitrogens with zero attached hydrogens (tertiary/aromatic N) is 2. The molecule has 150 valence electrons. The Balaban J connectivity index is 1.67. The van der Waals surface area contributed by atoms with Gasteiger partial charge >= 0.3 is 0 Å². The minimum Gasteiger partial charge on any atom is -0.487 e. The van der Waals surface area contributed by atoms with Gasteiger partial charge in [-0.15, -0.1) is 0 Å². The molecule has 30 heavy (non-hydrogen) atoms. The second-order valence-electron chi connectivity index (χ2n) is 6.78. The van der Waals surface area contributed by atoms with E-state index in [0.717, 1.165) is 5.56 Å². The average Bonchev–Trinajstić information content (AvgIpc) is 3.03. The van der Waals surface area contributed by atoms with Gasteiger partial charge in [-0.2, -0.15) is 10.1 Å². The minimum absolute atomic E-state index is 0.219. The highest BCUT2D eigenvalue weighted by atomic mass is 35.5. The van der Waals surface area contributed by atoms with E-state index in [0.29, 0.717) is 44.9 Å². The lowest BCUT2D eigenvalue weighted by atomic mass is 10.1. The highest BCUT2D eigenvalue weighted by Gasteiger charge is 2.29. The second-order valence-corrected chi connectivity index (χ2v) is 7.62. The van der Waals surface area contributed by atoms with Crippen LogP contribution in [0.15, 0.2) is 83.5 Å². The number of hydrogen-bond donors (Lipinski definition) is 0. The molecule has 0 radical (unpaired) electrons. The van der Waals surface area contributed by atoms with Crippen molar-refractivity contribution < 1.29 is 9.53 Å². The van der Waals surface area contributed by atoms with Crippen molar-refractivity contribution in [2.75, 3.05) is 5.01 Å². The number of halogens is 2. The van der Waals surface area contributed by atoms with E-state index < -0.39 is 0 Å². The third-order valence-electron chi connectivity index (χ3n) is 4.63. The smallest absolute Gasteiger partial charge is 0.280 e. The lowest BCUT2D eigenvalue weighted by Crippen LogP contribution is -2.21. The molecule has 0 bridgehead atoms. The topological polar surface area (TPSA) is 41.9 Å². The van der Waals surface area contributed by atoms with E-state index in [9.17, 15) is 4.79 Å². The Morgan fingerprint density at radius 1 is 1.00 bits per heavy atom. The van der Waals surface area contributed by atoms with E-state index in [-0.39, 0.29) is 5.91 Å². The summed E-state index contributed by atoms with van der Waals surface area (Å²) in [6.45, 7) is 2.14. The number of benzene rings is 3. The fourth-order valence-electron chi connectivity index (χ4n) is 3.15. The third-order valence-corrected chi connectivity index (χ3v) is 5.13. The standard InChI is InChI=1S/C24H18Cl2N2O2/c1-16-21(24(29)28(27-16)20-10-6-3-7-11-20)13-18-12-19(25)14-22(26)23(18)30-15-17-8-4-2-5-9-17/h2-14H,15H2,1H3/b21-13+. The maximum Gasteiger partial charge on any atom is 0.280 e. The number of anilines is 1. The number of hydrazone groups is 1. The molecule has 0 spiro atoms. The van der Waals surface area contributed by atoms with Crippen LogP contribution in [-0.2, 0) is 11.4 Å². The van der Waals surface area contributed by atoms with Crippen molar-refractivity contribution >= 4 is 46.6 Å². The molecule has 1 heterocycles. The molecule has 0 N–H and O–H groups in total. The first-order valence-electron chi connectivity index (χ1n) is 9.35. The molecule has 1 aliphatic rings. The molecular formula is C24H18Cl2N2O2. The van der Waals surface area contributed by atoms with Gasteiger partial charge in [-0.3, -0.25) is 4.79 Å². The quantitative estimate of drug-likeness (QED) is 0.435. The molecule has 1 amide bonds. The van der Waals surface area contributed by atoms with E-state index in [1.54, 1.807) is 25.1 Å². The Morgan fingerprint density at radius 3 is 2.37 bits per heavy atom. The van der Waals surface area contributed by atoms with Gasteiger partial charge in [0, 0.05) is 10.6 Å². The van der Waals surface area contributed by atoms with Crippen LogP contribution in [0.2, 0.25) is 10.0 Å². The maximum atomic E-state index is 13.0. The number of hydrogen-bond acceptors (Lipinski definition) is 3. The highest BCUT2D eigenvalue weighted by molar-refractivity contribution is 6.36. The summed E-state index contributed by atoms with van der Waals surface area (Å²) in [5, 5.41) is 6.63. The first-order chi connectivity index (χ1) is 14.5. The highest BCUT2D eigenvalue weighted by Crippen LogP contribution is 2.35. The van der Waals surface area contributed by atoms with Crippen LogP contribution in [0, 0.1) is 0 Å². The molecule has 6 heteroatoms. The summed E-state index contributed by atoms with van der Waals surface area (Å²) in [6, 6.07) is 22.4. The molecular weight excluding hydrogens is 419 g/mol. The zero-order valence-corrected chi connectivity index (χ0v) is 17.7. The Hall–Kier alpha value is -3.08. The van der Waals surface area contributed by atoms with Crippen molar-refractivity contribution in [2.24, 2.45) is 5.10 Å². The van der Waals surface area contributed by atoms with Crippen molar-refractivity contribution in [1.82, 2.24) is 0 Å². The van der Waals surface area contributed by atoms with Crippen molar-refractivity contribution in [2.45, 2.75) is 13.5 Å². The van der Waals surface area contributed by atoms with Crippen LogP contribution in [-0.4, -0.2) is 11.6 Å². The van der Waals surface area contributed by atoms with E-state index in [2.05, 4.69) is 5.10 Å². The number of rotatable bonds is 5. The number of carbonyl (C=O) groups excluding carboxylic acids is 1. The van der Waals surface area contributed by atoms with Gasteiger partial charge in [-0.05, 0) is 42.8 Å². The SMILES string of the molecule is CC1=NN(c2ccccc2)C(=O)/C1=C/c1cc(Cl)cc(Cl)c1OCc1ccccc1. The Bertz CT molecular complexity index is 1140. The van der Waals surface area contributed by atoms with Crippen LogP contribution < -0.4 is 9.75 Å². The Kier molecular flexibility index (Phi) is 5.88. The summed E-state index contributed by atoms with van der Waals surface area (Å²) in [4.78, 5) is 13.0. The summed E-state index contributed by atoms with van der Waals surface area (Å²) in [5.74, 6) is 0.250. The van der Waals surface area contributed by atoms with Gasteiger partial charge in [0.1, 0.15) is 12.4 Å². The first-order valence-corrected chi connectivity index (χ1v) is 10.1. The third kappa shape index (κ3) is 4.25. The molecule has 3 aromatic rings. The van der Waals surface area contributed by atoms with Gasteiger partial charge < -0.3 is 4.74 Å². The maximum absolute atomic E-state index is 13.0. The van der Waals surface area contributed by atoms with Gasteiger partial charge in [0.2, 0.25) is 0 Å². The summed E-state index contributed by atoms with van der Waals surface area (Å²) < 4.78 is 6.00. The van der Waals surface area contributed by atoms with Crippen molar-refractivity contribution in [1.29, 1.82) is 0 Å². The lowest BCUT2D eigenvalue weighted by Gasteiger charge is -2.13. The molecule has 0 atom stereocenters. The number of ether oxygens (including phenoxy) is 1. The van der Waals surface area contributed by atoms with E-state index in [4.69, 9.17) is 27.9 Å². The molecule has 0 saturated carbocycles. The zero-order valence-electron chi connectivity index (χ0n) is 16.2.